The molecule has 1 saturated carbocycles. The van der Waals surface area contributed by atoms with Crippen LogP contribution in [-0.2, 0) is 9.47 Å². The first kappa shape index (κ1) is 13.3. The Morgan fingerprint density at radius 2 is 1.76 bits per heavy atom. The summed E-state index contributed by atoms with van der Waals surface area (Å²) in [5.41, 5.74) is 0.112. The molecule has 0 aromatic carbocycles. The average Bonchev–Trinajstić information content (AvgIpc) is 2.57. The Labute approximate surface area is 105 Å². The summed E-state index contributed by atoms with van der Waals surface area (Å²) in [6.07, 6.45) is 4.49. The zero-order chi connectivity index (χ0) is 12.7. The van der Waals surface area contributed by atoms with Crippen molar-refractivity contribution >= 4 is 0 Å². The Morgan fingerprint density at radius 1 is 1.18 bits per heavy atom. The summed E-state index contributed by atoms with van der Waals surface area (Å²) >= 11 is 0. The van der Waals surface area contributed by atoms with Crippen LogP contribution in [0.2, 0.25) is 0 Å². The second kappa shape index (κ2) is 4.22. The van der Waals surface area contributed by atoms with Gasteiger partial charge in [-0.25, -0.2) is 0 Å². The molecule has 0 aromatic rings. The summed E-state index contributed by atoms with van der Waals surface area (Å²) in [6.45, 7) is 9.73. The van der Waals surface area contributed by atoms with Crippen molar-refractivity contribution in [3.05, 3.63) is 0 Å². The molecule has 0 aromatic heterocycles. The highest BCUT2D eigenvalue weighted by Gasteiger charge is 2.49. The molecular formula is C14H27NO2. The summed E-state index contributed by atoms with van der Waals surface area (Å²) < 4.78 is 12.1. The second-order valence-electron chi connectivity index (χ2n) is 6.92. The molecule has 100 valence electrons. The van der Waals surface area contributed by atoms with Gasteiger partial charge in [-0.3, -0.25) is 5.32 Å². The molecule has 1 unspecified atom stereocenters. The third kappa shape index (κ3) is 2.67. The van der Waals surface area contributed by atoms with Crippen LogP contribution < -0.4 is 5.32 Å². The van der Waals surface area contributed by atoms with Gasteiger partial charge in [0.2, 0.25) is 0 Å². The van der Waals surface area contributed by atoms with Gasteiger partial charge in [0.1, 0.15) is 5.72 Å². The largest absolute Gasteiger partial charge is 0.345 e. The fraction of sp³-hybridized carbons (Fsp3) is 1.00. The zero-order valence-corrected chi connectivity index (χ0v) is 11.9. The van der Waals surface area contributed by atoms with E-state index >= 15 is 0 Å². The Hall–Kier alpha value is -0.120. The van der Waals surface area contributed by atoms with Gasteiger partial charge in [-0.1, -0.05) is 20.8 Å². The first-order valence-electron chi connectivity index (χ1n) is 6.82. The lowest BCUT2D eigenvalue weighted by Gasteiger charge is -2.41. The second-order valence-corrected chi connectivity index (χ2v) is 6.92. The van der Waals surface area contributed by atoms with E-state index in [2.05, 4.69) is 33.0 Å². The molecule has 1 heterocycles. The van der Waals surface area contributed by atoms with Crippen molar-refractivity contribution in [3.8, 4) is 0 Å². The summed E-state index contributed by atoms with van der Waals surface area (Å²) in [6, 6.07) is 0. The van der Waals surface area contributed by atoms with Crippen molar-refractivity contribution in [2.75, 3.05) is 13.7 Å². The predicted molar refractivity (Wildman–Crippen MR) is 68.6 cm³/mol. The van der Waals surface area contributed by atoms with E-state index in [-0.39, 0.29) is 11.5 Å². The van der Waals surface area contributed by atoms with Crippen LogP contribution in [0.1, 0.15) is 53.4 Å². The van der Waals surface area contributed by atoms with Gasteiger partial charge in [0, 0.05) is 12.8 Å². The minimum absolute atomic E-state index is 0.297. The van der Waals surface area contributed by atoms with Gasteiger partial charge in [0.05, 0.1) is 6.61 Å². The molecule has 1 N–H and O–H groups in total. The number of hydrogen-bond acceptors (Lipinski definition) is 3. The normalized spacial score (nSPS) is 43.2. The molecule has 1 atom stereocenters. The smallest absolute Gasteiger partial charge is 0.171 e. The van der Waals surface area contributed by atoms with Crippen molar-refractivity contribution in [3.63, 3.8) is 0 Å². The van der Waals surface area contributed by atoms with E-state index in [4.69, 9.17) is 9.47 Å². The zero-order valence-electron chi connectivity index (χ0n) is 11.9. The van der Waals surface area contributed by atoms with Gasteiger partial charge in [-0.05, 0) is 38.1 Å². The van der Waals surface area contributed by atoms with E-state index in [1.807, 2.05) is 7.05 Å². The highest BCUT2D eigenvalue weighted by molar-refractivity contribution is 4.91. The van der Waals surface area contributed by atoms with E-state index in [0.29, 0.717) is 12.0 Å². The molecule has 1 saturated heterocycles. The fourth-order valence-electron chi connectivity index (χ4n) is 3.03. The number of hydrogen-bond donors (Lipinski definition) is 1. The maximum atomic E-state index is 6.15. The van der Waals surface area contributed by atoms with Gasteiger partial charge in [-0.2, -0.15) is 0 Å². The van der Waals surface area contributed by atoms with Crippen molar-refractivity contribution in [1.82, 2.24) is 5.32 Å². The summed E-state index contributed by atoms with van der Waals surface area (Å²) in [4.78, 5) is 0. The third-order valence-corrected chi connectivity index (χ3v) is 4.52. The quantitative estimate of drug-likeness (QED) is 0.765. The van der Waals surface area contributed by atoms with Crippen LogP contribution in [0.15, 0.2) is 0 Å². The van der Waals surface area contributed by atoms with Gasteiger partial charge in [0.15, 0.2) is 5.79 Å². The van der Waals surface area contributed by atoms with Gasteiger partial charge < -0.3 is 9.47 Å². The maximum Gasteiger partial charge on any atom is 0.171 e. The van der Waals surface area contributed by atoms with Crippen LogP contribution >= 0.6 is 0 Å². The van der Waals surface area contributed by atoms with Crippen LogP contribution in [0, 0.1) is 11.3 Å². The summed E-state index contributed by atoms with van der Waals surface area (Å²) in [5, 5.41) is 3.21. The van der Waals surface area contributed by atoms with Crippen LogP contribution in [-0.4, -0.2) is 25.2 Å². The van der Waals surface area contributed by atoms with Crippen LogP contribution in [0.3, 0.4) is 0 Å². The molecule has 17 heavy (non-hydrogen) atoms. The van der Waals surface area contributed by atoms with E-state index in [1.165, 1.54) is 12.8 Å². The lowest BCUT2D eigenvalue weighted by Crippen LogP contribution is -2.46. The van der Waals surface area contributed by atoms with Gasteiger partial charge in [0.25, 0.3) is 0 Å². The van der Waals surface area contributed by atoms with Crippen molar-refractivity contribution < 1.29 is 9.47 Å². The number of nitrogens with one attached hydrogen (secondary N) is 1. The van der Waals surface area contributed by atoms with Crippen LogP contribution in [0.4, 0.5) is 0 Å². The minimum Gasteiger partial charge on any atom is -0.345 e. The Morgan fingerprint density at radius 3 is 2.18 bits per heavy atom. The highest BCUT2D eigenvalue weighted by atomic mass is 16.8. The predicted octanol–water partition coefficient (Wildman–Crippen LogP) is 2.90. The van der Waals surface area contributed by atoms with E-state index in [0.717, 1.165) is 18.8 Å². The highest BCUT2D eigenvalue weighted by Crippen LogP contribution is 2.46. The Bertz CT molecular complexity index is 276. The van der Waals surface area contributed by atoms with Crippen molar-refractivity contribution in [1.29, 1.82) is 0 Å². The monoisotopic (exact) mass is 241 g/mol. The standard InChI is InChI=1S/C14H27NO2/c1-12(2,3)11-6-8-14(9-7-11)16-10-13(4,15-5)17-14/h11,15H,6-10H2,1-5H3. The number of ether oxygens (including phenoxy) is 2. The Kier molecular flexibility index (Phi) is 3.30. The molecule has 0 radical (unpaired) electrons. The summed E-state index contributed by atoms with van der Waals surface area (Å²) in [7, 11) is 1.93. The van der Waals surface area contributed by atoms with Crippen LogP contribution in [0.25, 0.3) is 0 Å². The van der Waals surface area contributed by atoms with Crippen LogP contribution in [0.5, 0.6) is 0 Å². The third-order valence-electron chi connectivity index (χ3n) is 4.52. The van der Waals surface area contributed by atoms with E-state index in [1.54, 1.807) is 0 Å². The number of likely N-dealkylation sites (N-methyl/N-ethyl adjacent to an activating group) is 1. The molecule has 1 aliphatic heterocycles. The van der Waals surface area contributed by atoms with E-state index in [9.17, 15) is 0 Å². The first-order valence-corrected chi connectivity index (χ1v) is 6.82. The lowest BCUT2D eigenvalue weighted by atomic mass is 9.71. The molecule has 1 aliphatic carbocycles. The SMILES string of the molecule is CNC1(C)COC2(CCC(C(C)(C)C)CC2)O1. The van der Waals surface area contributed by atoms with Crippen molar-refractivity contribution in [2.24, 2.45) is 11.3 Å². The molecular weight excluding hydrogens is 214 g/mol. The van der Waals surface area contributed by atoms with Gasteiger partial charge in [-0.15, -0.1) is 0 Å². The molecule has 1 spiro atoms. The van der Waals surface area contributed by atoms with Crippen molar-refractivity contribution in [2.45, 2.75) is 64.9 Å². The molecule has 2 fully saturated rings. The first-order chi connectivity index (χ1) is 7.79. The molecule has 2 rings (SSSR count). The number of rotatable bonds is 1. The molecule has 2 aliphatic rings. The molecule has 0 bridgehead atoms. The maximum absolute atomic E-state index is 6.15. The molecule has 0 amide bonds. The Balaban J connectivity index is 1.96. The van der Waals surface area contributed by atoms with E-state index < -0.39 is 0 Å². The lowest BCUT2D eigenvalue weighted by molar-refractivity contribution is -0.214. The average molecular weight is 241 g/mol. The molecule has 3 nitrogen and oxygen atoms in total. The van der Waals surface area contributed by atoms with Gasteiger partial charge >= 0.3 is 0 Å². The topological polar surface area (TPSA) is 30.5 Å². The molecule has 3 heteroatoms. The summed E-state index contributed by atoms with van der Waals surface area (Å²) in [5.74, 6) is 0.487. The fourth-order valence-corrected chi connectivity index (χ4v) is 3.03. The minimum atomic E-state index is -0.306.